The van der Waals surface area contributed by atoms with E-state index in [1.807, 2.05) is 49.6 Å². The van der Waals surface area contributed by atoms with Gasteiger partial charge in [-0.2, -0.15) is 0 Å². The predicted molar refractivity (Wildman–Crippen MR) is 120 cm³/mol. The zero-order chi connectivity index (χ0) is 22.4. The lowest BCUT2D eigenvalue weighted by atomic mass is 10.0. The van der Waals surface area contributed by atoms with Crippen molar-refractivity contribution in [3.8, 4) is 0 Å². The van der Waals surface area contributed by atoms with E-state index < -0.39 is 5.82 Å². The van der Waals surface area contributed by atoms with Crippen LogP contribution in [0.15, 0.2) is 66.9 Å². The molecule has 2 aromatic carbocycles. The molecule has 3 aromatic rings. The fourth-order valence-corrected chi connectivity index (χ4v) is 3.69. The highest BCUT2D eigenvalue weighted by Crippen LogP contribution is 2.16. The van der Waals surface area contributed by atoms with Crippen LogP contribution in [0.5, 0.6) is 0 Å². The number of aromatic nitrogens is 1. The summed E-state index contributed by atoms with van der Waals surface area (Å²) in [4.78, 5) is 27.1. The van der Waals surface area contributed by atoms with Gasteiger partial charge in [0.2, 0.25) is 0 Å². The quantitative estimate of drug-likeness (QED) is 0.598. The minimum absolute atomic E-state index is 0.152. The monoisotopic (exact) mass is 421 g/mol. The number of likely N-dealkylation sites (N-methyl/N-ethyl adjacent to an activating group) is 1. The molecule has 0 aliphatic carbocycles. The molecule has 1 N–H and O–H groups in total. The summed E-state index contributed by atoms with van der Waals surface area (Å²) in [6.45, 7) is 2.18. The topological polar surface area (TPSA) is 54.3 Å². The van der Waals surface area contributed by atoms with Crippen molar-refractivity contribution in [1.29, 1.82) is 0 Å². The van der Waals surface area contributed by atoms with Gasteiger partial charge in [0.05, 0.1) is 0 Å². The first-order valence-corrected chi connectivity index (χ1v) is 10.3. The van der Waals surface area contributed by atoms with Crippen molar-refractivity contribution in [2.45, 2.75) is 25.8 Å². The molecule has 2 amide bonds. The van der Waals surface area contributed by atoms with Gasteiger partial charge < -0.3 is 14.8 Å². The number of halogens is 1. The van der Waals surface area contributed by atoms with Gasteiger partial charge in [-0.1, -0.05) is 30.3 Å². The number of aryl methyl sites for hydroxylation is 2. The van der Waals surface area contributed by atoms with Gasteiger partial charge in [0, 0.05) is 38.4 Å². The maximum absolute atomic E-state index is 13.8. The summed E-state index contributed by atoms with van der Waals surface area (Å²) in [6, 6.07) is 17.7. The van der Waals surface area contributed by atoms with Gasteiger partial charge in [-0.25, -0.2) is 4.39 Å². The van der Waals surface area contributed by atoms with Crippen LogP contribution in [0, 0.1) is 12.7 Å². The maximum Gasteiger partial charge on any atom is 0.267 e. The maximum atomic E-state index is 13.8. The molecule has 3 rings (SSSR count). The third kappa shape index (κ3) is 5.81. The zero-order valence-electron chi connectivity index (χ0n) is 18.1. The SMILES string of the molecule is Cc1cc(F)cc(C(=O)N(C)[C@H](CCNC(=O)c2cccn2C)Cc2ccccc2)c1. The van der Waals surface area contributed by atoms with Gasteiger partial charge in [-0.15, -0.1) is 0 Å². The normalized spacial score (nSPS) is 11.7. The van der Waals surface area contributed by atoms with Crippen LogP contribution < -0.4 is 5.32 Å². The minimum atomic E-state index is -0.425. The molecule has 0 aliphatic heterocycles. The van der Waals surface area contributed by atoms with Crippen molar-refractivity contribution in [3.63, 3.8) is 0 Å². The summed E-state index contributed by atoms with van der Waals surface area (Å²) in [6.07, 6.45) is 3.03. The van der Waals surface area contributed by atoms with Gasteiger partial charge in [-0.05, 0) is 61.2 Å². The molecule has 0 unspecified atom stereocenters. The van der Waals surface area contributed by atoms with Crippen molar-refractivity contribution in [3.05, 3.63) is 95.1 Å². The number of benzene rings is 2. The van der Waals surface area contributed by atoms with Crippen molar-refractivity contribution >= 4 is 11.8 Å². The predicted octanol–water partition coefficient (Wildman–Crippen LogP) is 3.98. The van der Waals surface area contributed by atoms with E-state index in [2.05, 4.69) is 5.32 Å². The molecule has 0 radical (unpaired) electrons. The number of amides is 2. The van der Waals surface area contributed by atoms with E-state index in [1.54, 1.807) is 35.6 Å². The number of hydrogen-bond acceptors (Lipinski definition) is 2. The number of nitrogens with zero attached hydrogens (tertiary/aromatic N) is 2. The van der Waals surface area contributed by atoms with E-state index in [-0.39, 0.29) is 17.9 Å². The van der Waals surface area contributed by atoms with E-state index in [0.717, 1.165) is 5.56 Å². The van der Waals surface area contributed by atoms with E-state index >= 15 is 0 Å². The highest BCUT2D eigenvalue weighted by Gasteiger charge is 2.22. The Morgan fingerprint density at radius 2 is 1.84 bits per heavy atom. The second-order valence-corrected chi connectivity index (χ2v) is 7.83. The summed E-state index contributed by atoms with van der Waals surface area (Å²) in [5.74, 6) is -0.816. The fraction of sp³-hybridized carbons (Fsp3) is 0.280. The third-order valence-electron chi connectivity index (χ3n) is 5.41. The number of carbonyl (C=O) groups is 2. The lowest BCUT2D eigenvalue weighted by molar-refractivity contribution is 0.0722. The molecule has 1 aromatic heterocycles. The molecular formula is C25H28FN3O2. The second-order valence-electron chi connectivity index (χ2n) is 7.83. The molecule has 6 heteroatoms. The standard InChI is InChI=1S/C25H28FN3O2/c1-18-14-20(17-21(26)15-18)25(31)29(3)22(16-19-8-5-4-6-9-19)11-12-27-24(30)23-10-7-13-28(23)2/h4-10,13-15,17,22H,11-12,16H2,1-3H3,(H,27,30)/t22-/m1/s1. The van der Waals surface area contributed by atoms with Gasteiger partial charge in [0.15, 0.2) is 0 Å². The molecule has 0 saturated heterocycles. The first kappa shape index (κ1) is 22.3. The molecule has 162 valence electrons. The van der Waals surface area contributed by atoms with Crippen LogP contribution in [-0.4, -0.2) is 40.9 Å². The Bertz CT molecular complexity index is 1030. The number of hydrogen-bond donors (Lipinski definition) is 1. The van der Waals surface area contributed by atoms with Crippen LogP contribution in [0.4, 0.5) is 4.39 Å². The van der Waals surface area contributed by atoms with E-state index in [4.69, 9.17) is 0 Å². The number of nitrogens with one attached hydrogen (secondary N) is 1. The number of rotatable bonds is 8. The van der Waals surface area contributed by atoms with Crippen LogP contribution in [-0.2, 0) is 13.5 Å². The minimum Gasteiger partial charge on any atom is -0.351 e. The highest BCUT2D eigenvalue weighted by atomic mass is 19.1. The van der Waals surface area contributed by atoms with Crippen LogP contribution in [0.3, 0.4) is 0 Å². The van der Waals surface area contributed by atoms with Crippen LogP contribution in [0.25, 0.3) is 0 Å². The largest absolute Gasteiger partial charge is 0.351 e. The smallest absolute Gasteiger partial charge is 0.267 e. The van der Waals surface area contributed by atoms with Gasteiger partial charge in [0.25, 0.3) is 11.8 Å². The summed E-state index contributed by atoms with van der Waals surface area (Å²) < 4.78 is 15.6. The molecule has 5 nitrogen and oxygen atoms in total. The van der Waals surface area contributed by atoms with E-state index in [9.17, 15) is 14.0 Å². The summed E-state index contributed by atoms with van der Waals surface area (Å²) in [5, 5.41) is 2.94. The Hall–Kier alpha value is -3.41. The lowest BCUT2D eigenvalue weighted by Crippen LogP contribution is -2.41. The van der Waals surface area contributed by atoms with Crippen molar-refractivity contribution < 1.29 is 14.0 Å². The molecule has 0 spiro atoms. The Morgan fingerprint density at radius 1 is 1.10 bits per heavy atom. The molecule has 31 heavy (non-hydrogen) atoms. The molecular weight excluding hydrogens is 393 g/mol. The van der Waals surface area contributed by atoms with E-state index in [0.29, 0.717) is 36.2 Å². The summed E-state index contributed by atoms with van der Waals surface area (Å²) >= 11 is 0. The first-order valence-electron chi connectivity index (χ1n) is 10.3. The zero-order valence-corrected chi connectivity index (χ0v) is 18.1. The van der Waals surface area contributed by atoms with Gasteiger partial charge in [-0.3, -0.25) is 9.59 Å². The van der Waals surface area contributed by atoms with Crippen LogP contribution >= 0.6 is 0 Å². The Balaban J connectivity index is 1.73. The lowest BCUT2D eigenvalue weighted by Gasteiger charge is -2.29. The van der Waals surface area contributed by atoms with Crippen molar-refractivity contribution in [1.82, 2.24) is 14.8 Å². The average molecular weight is 422 g/mol. The van der Waals surface area contributed by atoms with Crippen LogP contribution in [0.2, 0.25) is 0 Å². The Labute approximate surface area is 182 Å². The molecule has 0 aliphatic rings. The molecule has 1 heterocycles. The van der Waals surface area contributed by atoms with Crippen molar-refractivity contribution in [2.24, 2.45) is 7.05 Å². The molecule has 0 bridgehead atoms. The molecule has 1 atom stereocenters. The van der Waals surface area contributed by atoms with Gasteiger partial charge >= 0.3 is 0 Å². The van der Waals surface area contributed by atoms with Gasteiger partial charge in [0.1, 0.15) is 11.5 Å². The Morgan fingerprint density at radius 3 is 2.48 bits per heavy atom. The summed E-state index contributed by atoms with van der Waals surface area (Å²) in [5.41, 5.74) is 2.70. The average Bonchev–Trinajstić information content (AvgIpc) is 3.18. The van der Waals surface area contributed by atoms with Crippen LogP contribution in [0.1, 0.15) is 38.4 Å². The van der Waals surface area contributed by atoms with E-state index in [1.165, 1.54) is 12.1 Å². The third-order valence-corrected chi connectivity index (χ3v) is 5.41. The Kier molecular flexibility index (Phi) is 7.23. The first-order chi connectivity index (χ1) is 14.8. The fourth-order valence-electron chi connectivity index (χ4n) is 3.69. The highest BCUT2D eigenvalue weighted by molar-refractivity contribution is 5.94. The van der Waals surface area contributed by atoms with Crippen molar-refractivity contribution in [2.75, 3.05) is 13.6 Å². The summed E-state index contributed by atoms with van der Waals surface area (Å²) in [7, 11) is 3.55. The second kappa shape index (κ2) is 10.1. The number of carbonyl (C=O) groups excluding carboxylic acids is 2. The molecule has 0 fully saturated rings. The molecule has 0 saturated carbocycles.